The third-order valence-electron chi connectivity index (χ3n) is 4.12. The molecular weight excluding hydrogens is 350 g/mol. The molecule has 0 spiro atoms. The number of pyridine rings is 1. The number of aliphatic imine (C=N–C) groups is 1. The Morgan fingerprint density at radius 1 is 1.04 bits per heavy atom. The number of guanidine groups is 1. The van der Waals surface area contributed by atoms with Gasteiger partial charge in [-0.1, -0.05) is 30.3 Å². The summed E-state index contributed by atoms with van der Waals surface area (Å²) in [5, 5.41) is 6.64. The van der Waals surface area contributed by atoms with Gasteiger partial charge in [-0.2, -0.15) is 0 Å². The lowest BCUT2D eigenvalue weighted by Gasteiger charge is -2.12. The van der Waals surface area contributed by atoms with E-state index >= 15 is 0 Å². The first-order valence-corrected chi connectivity index (χ1v) is 9.58. The van der Waals surface area contributed by atoms with Crippen LogP contribution in [0.3, 0.4) is 0 Å². The van der Waals surface area contributed by atoms with Crippen LogP contribution in [-0.2, 0) is 19.7 Å². The first-order valence-electron chi connectivity index (χ1n) is 9.58. The fraction of sp³-hybridized carbons (Fsp3) is 0.273. The first kappa shape index (κ1) is 19.5. The zero-order valence-electron chi connectivity index (χ0n) is 16.2. The van der Waals surface area contributed by atoms with Crippen LogP contribution in [0.5, 0.6) is 5.88 Å². The van der Waals surface area contributed by atoms with Crippen molar-refractivity contribution in [2.45, 2.75) is 26.6 Å². The minimum Gasteiger partial charge on any atom is -0.473 e. The van der Waals surface area contributed by atoms with Crippen molar-refractivity contribution in [3.05, 3.63) is 84.3 Å². The topological polar surface area (TPSA) is 63.5 Å². The quantitative estimate of drug-likeness (QED) is 0.444. The van der Waals surface area contributed by atoms with Gasteiger partial charge in [0.1, 0.15) is 6.61 Å². The van der Waals surface area contributed by atoms with Gasteiger partial charge in [0.25, 0.3) is 0 Å². The molecule has 28 heavy (non-hydrogen) atoms. The van der Waals surface area contributed by atoms with E-state index in [1.54, 1.807) is 6.20 Å². The zero-order chi connectivity index (χ0) is 19.4. The van der Waals surface area contributed by atoms with Gasteiger partial charge >= 0.3 is 0 Å². The second-order valence-electron chi connectivity index (χ2n) is 6.32. The summed E-state index contributed by atoms with van der Waals surface area (Å²) in [6.45, 7) is 5.64. The Kier molecular flexibility index (Phi) is 7.49. The average molecular weight is 377 g/mol. The van der Waals surface area contributed by atoms with E-state index in [4.69, 9.17) is 4.74 Å². The molecule has 0 bridgehead atoms. The summed E-state index contributed by atoms with van der Waals surface area (Å²) in [6.07, 6.45) is 5.87. The molecule has 2 heterocycles. The third-order valence-corrected chi connectivity index (χ3v) is 4.12. The van der Waals surface area contributed by atoms with Crippen molar-refractivity contribution in [2.75, 3.05) is 13.1 Å². The Hall–Kier alpha value is -3.28. The van der Waals surface area contributed by atoms with Crippen LogP contribution in [0.25, 0.3) is 0 Å². The summed E-state index contributed by atoms with van der Waals surface area (Å²) in [7, 11) is 0. The third kappa shape index (κ3) is 6.46. The van der Waals surface area contributed by atoms with E-state index in [9.17, 15) is 0 Å². The molecule has 2 aromatic heterocycles. The maximum atomic E-state index is 5.80. The first-order chi connectivity index (χ1) is 13.8. The van der Waals surface area contributed by atoms with Gasteiger partial charge in [0.05, 0.1) is 6.54 Å². The van der Waals surface area contributed by atoms with E-state index < -0.39 is 0 Å². The Bertz CT molecular complexity index is 846. The van der Waals surface area contributed by atoms with Crippen LogP contribution < -0.4 is 15.4 Å². The predicted octanol–water partition coefficient (Wildman–Crippen LogP) is 3.22. The zero-order valence-corrected chi connectivity index (χ0v) is 16.2. The van der Waals surface area contributed by atoms with Crippen LogP contribution in [-0.4, -0.2) is 28.6 Å². The van der Waals surface area contributed by atoms with Crippen LogP contribution >= 0.6 is 0 Å². The summed E-state index contributed by atoms with van der Waals surface area (Å²) in [5.74, 6) is 1.42. The molecule has 3 rings (SSSR count). The van der Waals surface area contributed by atoms with Crippen molar-refractivity contribution in [1.29, 1.82) is 0 Å². The molecule has 146 valence electrons. The lowest BCUT2D eigenvalue weighted by atomic mass is 10.2. The van der Waals surface area contributed by atoms with Gasteiger partial charge in [0, 0.05) is 44.3 Å². The number of hydrogen-bond donors (Lipinski definition) is 2. The monoisotopic (exact) mass is 377 g/mol. The normalized spacial score (nSPS) is 11.2. The van der Waals surface area contributed by atoms with Gasteiger partial charge in [-0.25, -0.2) is 9.98 Å². The number of ether oxygens (including phenoxy) is 1. The summed E-state index contributed by atoms with van der Waals surface area (Å²) in [4.78, 5) is 8.96. The van der Waals surface area contributed by atoms with Crippen LogP contribution in [0, 0.1) is 0 Å². The summed E-state index contributed by atoms with van der Waals surface area (Å²) in [6, 6.07) is 18.0. The fourth-order valence-corrected chi connectivity index (χ4v) is 2.69. The highest BCUT2D eigenvalue weighted by atomic mass is 16.5. The molecule has 0 amide bonds. The molecule has 3 aromatic rings. The highest BCUT2D eigenvalue weighted by molar-refractivity contribution is 5.79. The number of hydrogen-bond acceptors (Lipinski definition) is 3. The molecule has 0 unspecified atom stereocenters. The van der Waals surface area contributed by atoms with Crippen molar-refractivity contribution in [3.63, 3.8) is 0 Å². The minimum absolute atomic E-state index is 0.504. The van der Waals surface area contributed by atoms with E-state index in [0.717, 1.165) is 36.7 Å². The van der Waals surface area contributed by atoms with E-state index in [-0.39, 0.29) is 0 Å². The number of nitrogens with one attached hydrogen (secondary N) is 2. The SMILES string of the molecule is CCNC(=NCc1ccnc(OCc2ccccc2)c1)NCCn1cccc1. The molecule has 0 aliphatic carbocycles. The predicted molar refractivity (Wildman–Crippen MR) is 112 cm³/mol. The van der Waals surface area contributed by atoms with Crippen LogP contribution in [0.2, 0.25) is 0 Å². The van der Waals surface area contributed by atoms with Gasteiger partial charge in [0.2, 0.25) is 5.88 Å². The van der Waals surface area contributed by atoms with Crippen molar-refractivity contribution in [2.24, 2.45) is 4.99 Å². The smallest absolute Gasteiger partial charge is 0.213 e. The number of aromatic nitrogens is 2. The van der Waals surface area contributed by atoms with Crippen molar-refractivity contribution in [3.8, 4) is 5.88 Å². The summed E-state index contributed by atoms with van der Waals surface area (Å²) >= 11 is 0. The van der Waals surface area contributed by atoms with Crippen molar-refractivity contribution in [1.82, 2.24) is 20.2 Å². The Balaban J connectivity index is 1.52. The number of rotatable bonds is 9. The molecule has 0 fully saturated rings. The molecule has 0 aliphatic rings. The van der Waals surface area contributed by atoms with Crippen molar-refractivity contribution >= 4 is 5.96 Å². The second kappa shape index (κ2) is 10.8. The minimum atomic E-state index is 0.504. The van der Waals surface area contributed by atoms with Gasteiger partial charge in [-0.05, 0) is 36.2 Å². The Morgan fingerprint density at radius 2 is 1.86 bits per heavy atom. The maximum absolute atomic E-state index is 5.80. The molecule has 6 heteroatoms. The number of benzene rings is 1. The molecule has 0 atom stereocenters. The molecule has 6 nitrogen and oxygen atoms in total. The van der Waals surface area contributed by atoms with Crippen molar-refractivity contribution < 1.29 is 4.74 Å². The molecule has 0 saturated carbocycles. The van der Waals surface area contributed by atoms with E-state index in [0.29, 0.717) is 19.0 Å². The fourth-order valence-electron chi connectivity index (χ4n) is 2.69. The van der Waals surface area contributed by atoms with E-state index in [2.05, 4.69) is 44.5 Å². The lowest BCUT2D eigenvalue weighted by Crippen LogP contribution is -2.38. The molecule has 1 aromatic carbocycles. The summed E-state index contributed by atoms with van der Waals surface area (Å²) < 4.78 is 7.93. The van der Waals surface area contributed by atoms with E-state index in [1.807, 2.05) is 54.6 Å². The van der Waals surface area contributed by atoms with Crippen LogP contribution in [0.1, 0.15) is 18.1 Å². The number of nitrogens with zero attached hydrogens (tertiary/aromatic N) is 3. The van der Waals surface area contributed by atoms with Gasteiger partial charge < -0.3 is 19.9 Å². The largest absolute Gasteiger partial charge is 0.473 e. The van der Waals surface area contributed by atoms with Gasteiger partial charge in [0.15, 0.2) is 5.96 Å². The molecule has 0 aliphatic heterocycles. The van der Waals surface area contributed by atoms with E-state index in [1.165, 1.54) is 0 Å². The highest BCUT2D eigenvalue weighted by Crippen LogP contribution is 2.12. The Morgan fingerprint density at radius 3 is 2.64 bits per heavy atom. The van der Waals surface area contributed by atoms with Gasteiger partial charge in [-0.15, -0.1) is 0 Å². The lowest BCUT2D eigenvalue weighted by molar-refractivity contribution is 0.293. The summed E-state index contributed by atoms with van der Waals surface area (Å²) in [5.41, 5.74) is 2.18. The standard InChI is InChI=1S/C22H27N5O/c1-2-23-22(25-12-15-27-13-6-7-14-27)26-17-20-10-11-24-21(16-20)28-18-19-8-4-3-5-9-19/h3-11,13-14,16H,2,12,15,17-18H2,1H3,(H2,23,25,26). The highest BCUT2D eigenvalue weighted by Gasteiger charge is 2.01. The molecular formula is C22H27N5O. The second-order valence-corrected chi connectivity index (χ2v) is 6.32. The molecule has 0 radical (unpaired) electrons. The molecule has 2 N–H and O–H groups in total. The Labute approximate surface area is 166 Å². The van der Waals surface area contributed by atoms with Gasteiger partial charge in [-0.3, -0.25) is 0 Å². The maximum Gasteiger partial charge on any atom is 0.213 e. The molecule has 0 saturated heterocycles. The van der Waals surface area contributed by atoms with Crippen LogP contribution in [0.15, 0.2) is 78.2 Å². The van der Waals surface area contributed by atoms with Crippen LogP contribution in [0.4, 0.5) is 0 Å². The average Bonchev–Trinajstić information content (AvgIpc) is 3.25.